The summed E-state index contributed by atoms with van der Waals surface area (Å²) in [7, 11) is 0. The molecule has 1 heterocycles. The first-order valence-corrected chi connectivity index (χ1v) is 19.0. The maximum atomic E-state index is 6.30. The molecule has 1 aromatic heterocycles. The average molecular weight is 697 g/mol. The van der Waals surface area contributed by atoms with E-state index in [0.29, 0.717) is 0 Å². The first-order valence-electron chi connectivity index (χ1n) is 19.0. The van der Waals surface area contributed by atoms with E-state index in [1.54, 1.807) is 0 Å². The van der Waals surface area contributed by atoms with Gasteiger partial charge in [-0.15, -0.1) is 0 Å². The Morgan fingerprint density at radius 3 is 1.40 bits per heavy atom. The molecule has 254 valence electrons. The lowest BCUT2D eigenvalue weighted by molar-refractivity contribution is 0.669. The number of rotatable bonds is 3. The third kappa shape index (κ3) is 4.41. The molecule has 12 aromatic rings. The summed E-state index contributed by atoms with van der Waals surface area (Å²) in [6.07, 6.45) is 0. The van der Waals surface area contributed by atoms with E-state index >= 15 is 0 Å². The highest BCUT2D eigenvalue weighted by atomic mass is 16.3. The van der Waals surface area contributed by atoms with Crippen molar-refractivity contribution in [3.63, 3.8) is 0 Å². The molecular weight excluding hydrogens is 665 g/mol. The smallest absolute Gasteiger partial charge is 0.136 e. The molecule has 0 unspecified atom stereocenters. The molecule has 0 aliphatic carbocycles. The van der Waals surface area contributed by atoms with Crippen molar-refractivity contribution in [2.75, 3.05) is 0 Å². The van der Waals surface area contributed by atoms with Crippen molar-refractivity contribution < 1.29 is 4.42 Å². The Morgan fingerprint density at radius 1 is 0.218 bits per heavy atom. The molecule has 12 rings (SSSR count). The van der Waals surface area contributed by atoms with E-state index in [1.807, 2.05) is 6.07 Å². The number of hydrogen-bond donors (Lipinski definition) is 0. The van der Waals surface area contributed by atoms with Gasteiger partial charge in [-0.2, -0.15) is 0 Å². The standard InChI is InChI=1S/C54H32O/c1-2-13-33(14-3-1)34-25-27-45-48(31-34)39-17-6-8-19-43(39)54-46-28-26-35(32-49(46)40-18-7-9-20-44(40)53(45)54)36-29-30-41(38-16-5-4-15-37(36)38)42-22-12-24-51-52(42)47-21-10-11-23-50(47)55-51/h1-32H. The van der Waals surface area contributed by atoms with Gasteiger partial charge < -0.3 is 4.42 Å². The fraction of sp³-hybridized carbons (Fsp3) is 0. The molecule has 0 radical (unpaired) electrons. The Balaban J connectivity index is 1.12. The zero-order valence-corrected chi connectivity index (χ0v) is 29.9. The van der Waals surface area contributed by atoms with Gasteiger partial charge >= 0.3 is 0 Å². The topological polar surface area (TPSA) is 13.1 Å². The Kier molecular flexibility index (Phi) is 6.40. The lowest BCUT2D eigenvalue weighted by atomic mass is 9.85. The van der Waals surface area contributed by atoms with Crippen LogP contribution in [0.5, 0.6) is 0 Å². The summed E-state index contributed by atoms with van der Waals surface area (Å²) in [5, 5.41) is 17.7. The minimum atomic E-state index is 0.914. The average Bonchev–Trinajstić information content (AvgIpc) is 3.65. The molecule has 0 fully saturated rings. The van der Waals surface area contributed by atoms with Crippen LogP contribution in [0.1, 0.15) is 0 Å². The fourth-order valence-electron chi connectivity index (χ4n) is 9.43. The van der Waals surface area contributed by atoms with Crippen molar-refractivity contribution >= 4 is 86.6 Å². The second-order valence-electron chi connectivity index (χ2n) is 14.7. The molecule has 55 heavy (non-hydrogen) atoms. The van der Waals surface area contributed by atoms with Gasteiger partial charge in [0.05, 0.1) is 0 Å². The van der Waals surface area contributed by atoms with E-state index in [4.69, 9.17) is 4.42 Å². The number of para-hydroxylation sites is 1. The molecule has 0 bridgehead atoms. The van der Waals surface area contributed by atoms with E-state index in [0.717, 1.165) is 21.9 Å². The highest BCUT2D eigenvalue weighted by molar-refractivity contribution is 6.39. The minimum Gasteiger partial charge on any atom is -0.456 e. The number of fused-ring (bicyclic) bond motifs is 15. The van der Waals surface area contributed by atoms with Gasteiger partial charge in [0.2, 0.25) is 0 Å². The summed E-state index contributed by atoms with van der Waals surface area (Å²) >= 11 is 0. The molecule has 1 heteroatoms. The van der Waals surface area contributed by atoms with Gasteiger partial charge in [0.15, 0.2) is 0 Å². The van der Waals surface area contributed by atoms with E-state index in [9.17, 15) is 0 Å². The highest BCUT2D eigenvalue weighted by Gasteiger charge is 2.19. The molecular formula is C54H32O. The van der Waals surface area contributed by atoms with Crippen molar-refractivity contribution in [3.8, 4) is 33.4 Å². The van der Waals surface area contributed by atoms with Gasteiger partial charge in [0, 0.05) is 10.8 Å². The SMILES string of the molecule is c1ccc(-c2ccc3c(c2)c2ccccc2c2c4ccc(-c5ccc(-c6cccc7oc8ccccc8c67)c6ccccc56)cc4c4ccccc4c32)cc1. The summed E-state index contributed by atoms with van der Waals surface area (Å²) in [5.74, 6) is 0. The monoisotopic (exact) mass is 696 g/mol. The van der Waals surface area contributed by atoms with E-state index in [2.05, 4.69) is 188 Å². The maximum absolute atomic E-state index is 6.30. The van der Waals surface area contributed by atoms with Crippen LogP contribution in [0.25, 0.3) is 120 Å². The van der Waals surface area contributed by atoms with Crippen LogP contribution in [-0.4, -0.2) is 0 Å². The molecule has 0 atom stereocenters. The van der Waals surface area contributed by atoms with Crippen LogP contribution in [0.3, 0.4) is 0 Å². The Labute approximate surface area is 317 Å². The second kappa shape index (κ2) is 11.6. The maximum Gasteiger partial charge on any atom is 0.136 e. The van der Waals surface area contributed by atoms with Gasteiger partial charge in [-0.25, -0.2) is 0 Å². The number of hydrogen-bond acceptors (Lipinski definition) is 1. The summed E-state index contributed by atoms with van der Waals surface area (Å²) < 4.78 is 6.30. The van der Waals surface area contributed by atoms with Crippen molar-refractivity contribution in [1.29, 1.82) is 0 Å². The second-order valence-corrected chi connectivity index (χ2v) is 14.7. The van der Waals surface area contributed by atoms with Crippen LogP contribution < -0.4 is 0 Å². The van der Waals surface area contributed by atoms with E-state index < -0.39 is 0 Å². The first kappa shape index (κ1) is 30.3. The Morgan fingerprint density at radius 2 is 0.709 bits per heavy atom. The fourth-order valence-corrected chi connectivity index (χ4v) is 9.43. The lowest BCUT2D eigenvalue weighted by Crippen LogP contribution is -1.90. The van der Waals surface area contributed by atoms with Crippen LogP contribution in [0.4, 0.5) is 0 Å². The van der Waals surface area contributed by atoms with Gasteiger partial charge in [-0.1, -0.05) is 170 Å². The number of furan rings is 1. The third-order valence-electron chi connectivity index (χ3n) is 11.8. The summed E-state index contributed by atoms with van der Waals surface area (Å²) in [6.45, 7) is 0. The van der Waals surface area contributed by atoms with Crippen molar-refractivity contribution in [1.82, 2.24) is 0 Å². The summed E-state index contributed by atoms with van der Waals surface area (Å²) in [5.41, 5.74) is 9.14. The predicted molar refractivity (Wildman–Crippen MR) is 235 cm³/mol. The van der Waals surface area contributed by atoms with Crippen molar-refractivity contribution in [2.24, 2.45) is 0 Å². The molecule has 0 N–H and O–H groups in total. The predicted octanol–water partition coefficient (Wildman–Crippen LogP) is 15.5. The zero-order chi connectivity index (χ0) is 36.0. The van der Waals surface area contributed by atoms with Gasteiger partial charge in [0.1, 0.15) is 11.2 Å². The molecule has 11 aromatic carbocycles. The van der Waals surface area contributed by atoms with Crippen LogP contribution >= 0.6 is 0 Å². The zero-order valence-electron chi connectivity index (χ0n) is 29.9. The normalized spacial score (nSPS) is 12.0. The molecule has 0 aliphatic heterocycles. The van der Waals surface area contributed by atoms with Crippen molar-refractivity contribution in [2.45, 2.75) is 0 Å². The summed E-state index contributed by atoms with van der Waals surface area (Å²) in [4.78, 5) is 0. The minimum absolute atomic E-state index is 0.914. The van der Waals surface area contributed by atoms with Gasteiger partial charge in [-0.3, -0.25) is 0 Å². The number of benzene rings is 11. The van der Waals surface area contributed by atoms with E-state index in [1.165, 1.54) is 98.0 Å². The molecule has 0 saturated carbocycles. The van der Waals surface area contributed by atoms with Crippen LogP contribution in [-0.2, 0) is 0 Å². The van der Waals surface area contributed by atoms with E-state index in [-0.39, 0.29) is 0 Å². The van der Waals surface area contributed by atoms with Gasteiger partial charge in [0.25, 0.3) is 0 Å². The Hall–Kier alpha value is -7.22. The third-order valence-corrected chi connectivity index (χ3v) is 11.8. The van der Waals surface area contributed by atoms with Crippen LogP contribution in [0.15, 0.2) is 199 Å². The highest BCUT2D eigenvalue weighted by Crippen LogP contribution is 2.47. The molecule has 0 amide bonds. The quantitative estimate of drug-likeness (QED) is 0.168. The first-order chi connectivity index (χ1) is 27.3. The summed E-state index contributed by atoms with van der Waals surface area (Å²) in [6, 6.07) is 71.1. The molecule has 0 spiro atoms. The Bertz CT molecular complexity index is 3530. The van der Waals surface area contributed by atoms with Crippen molar-refractivity contribution in [3.05, 3.63) is 194 Å². The molecule has 1 nitrogen and oxygen atoms in total. The largest absolute Gasteiger partial charge is 0.456 e. The van der Waals surface area contributed by atoms with Crippen LogP contribution in [0, 0.1) is 0 Å². The lowest BCUT2D eigenvalue weighted by Gasteiger charge is -2.18. The molecule has 0 aliphatic rings. The molecule has 0 saturated heterocycles. The van der Waals surface area contributed by atoms with Crippen LogP contribution in [0.2, 0.25) is 0 Å². The van der Waals surface area contributed by atoms with Gasteiger partial charge in [-0.05, 0) is 122 Å².